The molecule has 1 rings (SSSR count). The number of rotatable bonds is 13. The molecule has 0 aliphatic carbocycles. The predicted molar refractivity (Wildman–Crippen MR) is 169 cm³/mol. The molecule has 0 aliphatic heterocycles. The molecule has 3 atom stereocenters. The van der Waals surface area contributed by atoms with E-state index in [2.05, 4.69) is 21.3 Å². The van der Waals surface area contributed by atoms with Crippen LogP contribution in [0.4, 0.5) is 9.59 Å². The van der Waals surface area contributed by atoms with Crippen molar-refractivity contribution in [2.45, 2.75) is 105 Å². The van der Waals surface area contributed by atoms with Gasteiger partial charge in [0.15, 0.2) is 0 Å². The maximum absolute atomic E-state index is 13.5. The Balaban J connectivity index is 3.13. The van der Waals surface area contributed by atoms with Gasteiger partial charge < -0.3 is 40.2 Å². The first kappa shape index (κ1) is 39.7. The number of carbonyl (C=O) groups excluding carboxylic acids is 6. The number of methoxy groups -OCH3 is 1. The summed E-state index contributed by atoms with van der Waals surface area (Å²) in [5.41, 5.74) is -0.941. The monoisotopic (exact) mass is 650 g/mol. The Morgan fingerprint density at radius 1 is 0.696 bits per heavy atom. The van der Waals surface area contributed by atoms with Crippen LogP contribution in [0.2, 0.25) is 0 Å². The first-order chi connectivity index (χ1) is 21.1. The second-order valence-corrected chi connectivity index (χ2v) is 13.4. The van der Waals surface area contributed by atoms with E-state index in [9.17, 15) is 28.8 Å². The van der Waals surface area contributed by atoms with Crippen LogP contribution >= 0.6 is 0 Å². The number of alkyl carbamates (subject to hydrolysis) is 2. The number of carbonyl (C=O) groups is 6. The van der Waals surface area contributed by atoms with Gasteiger partial charge in [0, 0.05) is 6.42 Å². The summed E-state index contributed by atoms with van der Waals surface area (Å²) < 4.78 is 20.5. The van der Waals surface area contributed by atoms with Crippen LogP contribution in [0.15, 0.2) is 24.3 Å². The van der Waals surface area contributed by atoms with Crippen molar-refractivity contribution in [3.05, 3.63) is 29.8 Å². The van der Waals surface area contributed by atoms with Gasteiger partial charge in [-0.2, -0.15) is 0 Å². The molecule has 0 radical (unpaired) electrons. The third-order valence-electron chi connectivity index (χ3n) is 6.04. The number of hydrogen-bond acceptors (Lipinski definition) is 10. The van der Waals surface area contributed by atoms with Gasteiger partial charge >= 0.3 is 24.1 Å². The standard InChI is InChI=1S/C32H50N4O10/c1-18(2)24(36-30(42)46-32(8,9)10)27(39)34-22(26(38)35-25(19(3)4)28(40)43-11)16-20-12-14-21(15-13-20)44-23(37)17-33-29(41)45-31(5,6)7/h12-15,18-19,22,24-25H,16-17H2,1-11H3,(H,33,41)(H,34,39)(H,35,38)(H,36,42)/t22-,24+,25+/m1/s1. The fraction of sp³-hybridized carbons (Fsp3) is 0.625. The Bertz CT molecular complexity index is 1220. The molecule has 14 heteroatoms. The fourth-order valence-corrected chi connectivity index (χ4v) is 3.87. The lowest BCUT2D eigenvalue weighted by Gasteiger charge is -2.28. The highest BCUT2D eigenvalue weighted by molar-refractivity contribution is 5.93. The topological polar surface area (TPSA) is 187 Å². The van der Waals surface area contributed by atoms with Gasteiger partial charge in [-0.15, -0.1) is 0 Å². The summed E-state index contributed by atoms with van der Waals surface area (Å²) in [5.74, 6) is -3.17. The first-order valence-corrected chi connectivity index (χ1v) is 15.1. The van der Waals surface area contributed by atoms with Crippen molar-refractivity contribution >= 4 is 35.9 Å². The van der Waals surface area contributed by atoms with Crippen LogP contribution in [0.1, 0.15) is 74.8 Å². The number of nitrogens with one attached hydrogen (secondary N) is 4. The van der Waals surface area contributed by atoms with Crippen LogP contribution in [0.3, 0.4) is 0 Å². The van der Waals surface area contributed by atoms with Gasteiger partial charge in [0.05, 0.1) is 7.11 Å². The maximum atomic E-state index is 13.5. The lowest BCUT2D eigenvalue weighted by atomic mass is 9.99. The Labute approximate surface area is 271 Å². The SMILES string of the molecule is COC(=O)[C@@H](NC(=O)[C@@H](Cc1ccc(OC(=O)CNC(=O)OC(C)(C)C)cc1)NC(=O)[C@@H](NC(=O)OC(C)(C)C)C(C)C)C(C)C. The molecule has 0 aromatic heterocycles. The molecule has 0 saturated heterocycles. The highest BCUT2D eigenvalue weighted by atomic mass is 16.6. The zero-order chi connectivity index (χ0) is 35.4. The Kier molecular flexibility index (Phi) is 15.0. The number of amides is 4. The van der Waals surface area contributed by atoms with E-state index in [4.69, 9.17) is 18.9 Å². The third kappa shape index (κ3) is 15.1. The molecule has 0 saturated carbocycles. The molecule has 4 N–H and O–H groups in total. The molecular weight excluding hydrogens is 600 g/mol. The van der Waals surface area contributed by atoms with Crippen molar-refractivity contribution in [2.75, 3.05) is 13.7 Å². The Morgan fingerprint density at radius 2 is 1.22 bits per heavy atom. The quantitative estimate of drug-likeness (QED) is 0.140. The predicted octanol–water partition coefficient (Wildman–Crippen LogP) is 3.01. The first-order valence-electron chi connectivity index (χ1n) is 15.1. The largest absolute Gasteiger partial charge is 0.467 e. The van der Waals surface area contributed by atoms with E-state index in [1.807, 2.05) is 0 Å². The second kappa shape index (κ2) is 17.4. The molecule has 0 bridgehead atoms. The van der Waals surface area contributed by atoms with Crippen molar-refractivity contribution in [3.8, 4) is 5.75 Å². The van der Waals surface area contributed by atoms with Crippen molar-refractivity contribution in [1.29, 1.82) is 0 Å². The van der Waals surface area contributed by atoms with Crippen molar-refractivity contribution in [1.82, 2.24) is 21.3 Å². The summed E-state index contributed by atoms with van der Waals surface area (Å²) in [4.78, 5) is 75.7. The lowest BCUT2D eigenvalue weighted by Crippen LogP contribution is -2.58. The lowest BCUT2D eigenvalue weighted by molar-refractivity contribution is -0.146. The summed E-state index contributed by atoms with van der Waals surface area (Å²) in [6.45, 7) is 16.7. The second-order valence-electron chi connectivity index (χ2n) is 13.4. The van der Waals surface area contributed by atoms with E-state index in [-0.39, 0.29) is 24.0 Å². The molecule has 14 nitrogen and oxygen atoms in total. The van der Waals surface area contributed by atoms with Gasteiger partial charge in [0.25, 0.3) is 0 Å². The molecule has 0 unspecified atom stereocenters. The zero-order valence-corrected chi connectivity index (χ0v) is 28.7. The minimum absolute atomic E-state index is 0.0186. The molecule has 1 aromatic rings. The van der Waals surface area contributed by atoms with Crippen LogP contribution in [0.5, 0.6) is 5.75 Å². The Morgan fingerprint density at radius 3 is 1.70 bits per heavy atom. The molecule has 0 aliphatic rings. The molecule has 0 spiro atoms. The number of benzene rings is 1. The number of hydrogen-bond donors (Lipinski definition) is 4. The van der Waals surface area contributed by atoms with Gasteiger partial charge in [-0.05, 0) is 71.1 Å². The Hall–Kier alpha value is -4.36. The molecule has 1 aromatic carbocycles. The van der Waals surface area contributed by atoms with Gasteiger partial charge in [0.1, 0.15) is 41.6 Å². The van der Waals surface area contributed by atoms with Crippen molar-refractivity contribution in [2.24, 2.45) is 11.8 Å². The summed E-state index contributed by atoms with van der Waals surface area (Å²) in [5, 5.41) is 10.2. The van der Waals surface area contributed by atoms with Gasteiger partial charge in [-0.3, -0.25) is 9.59 Å². The van der Waals surface area contributed by atoms with Crippen molar-refractivity contribution < 1.29 is 47.7 Å². The summed E-state index contributed by atoms with van der Waals surface area (Å²) in [6.07, 6.45) is -1.58. The third-order valence-corrected chi connectivity index (χ3v) is 6.04. The van der Waals surface area contributed by atoms with Gasteiger partial charge in [-0.1, -0.05) is 39.8 Å². The van der Waals surface area contributed by atoms with E-state index in [1.54, 1.807) is 81.4 Å². The smallest absolute Gasteiger partial charge is 0.408 e. The maximum Gasteiger partial charge on any atom is 0.408 e. The fourth-order valence-electron chi connectivity index (χ4n) is 3.87. The molecule has 46 heavy (non-hydrogen) atoms. The average Bonchev–Trinajstić information content (AvgIpc) is 2.91. The summed E-state index contributed by atoms with van der Waals surface area (Å²) >= 11 is 0. The molecular formula is C32H50N4O10. The van der Waals surface area contributed by atoms with E-state index >= 15 is 0 Å². The highest BCUT2D eigenvalue weighted by Gasteiger charge is 2.33. The van der Waals surface area contributed by atoms with Crippen LogP contribution < -0.4 is 26.0 Å². The van der Waals surface area contributed by atoms with Crippen molar-refractivity contribution in [3.63, 3.8) is 0 Å². The number of esters is 2. The normalized spacial score (nSPS) is 13.5. The summed E-state index contributed by atoms with van der Waals surface area (Å²) in [7, 11) is 1.21. The van der Waals surface area contributed by atoms with E-state index in [1.165, 1.54) is 19.2 Å². The highest BCUT2D eigenvalue weighted by Crippen LogP contribution is 2.16. The number of ether oxygens (including phenoxy) is 4. The van der Waals surface area contributed by atoms with Crippen LogP contribution in [0.25, 0.3) is 0 Å². The van der Waals surface area contributed by atoms with E-state index < -0.39 is 71.8 Å². The average molecular weight is 651 g/mol. The minimum Gasteiger partial charge on any atom is -0.467 e. The molecule has 4 amide bonds. The van der Waals surface area contributed by atoms with Crippen LogP contribution in [-0.4, -0.2) is 78.9 Å². The molecule has 258 valence electrons. The molecule has 0 fully saturated rings. The summed E-state index contributed by atoms with van der Waals surface area (Å²) in [6, 6.07) is 2.97. The van der Waals surface area contributed by atoms with E-state index in [0.717, 1.165) is 0 Å². The van der Waals surface area contributed by atoms with Gasteiger partial charge in [-0.25, -0.2) is 19.2 Å². The van der Waals surface area contributed by atoms with Crippen LogP contribution in [0, 0.1) is 11.8 Å². The van der Waals surface area contributed by atoms with E-state index in [0.29, 0.717) is 5.56 Å². The minimum atomic E-state index is -1.17. The molecule has 0 heterocycles. The zero-order valence-electron chi connectivity index (χ0n) is 28.7. The van der Waals surface area contributed by atoms with Gasteiger partial charge in [0.2, 0.25) is 11.8 Å². The van der Waals surface area contributed by atoms with Crippen LogP contribution in [-0.2, 0) is 39.8 Å².